The molecule has 0 amide bonds. The van der Waals surface area contributed by atoms with Crippen molar-refractivity contribution in [2.75, 3.05) is 32.5 Å². The predicted molar refractivity (Wildman–Crippen MR) is 64.5 cm³/mol. The molecule has 0 aliphatic carbocycles. The molecule has 1 rings (SSSR count). The summed E-state index contributed by atoms with van der Waals surface area (Å²) < 4.78 is 0. The van der Waals surface area contributed by atoms with E-state index in [1.54, 1.807) is 0 Å². The molecular weight excluding hydrogens is 188 g/mol. The maximum Gasteiger partial charge on any atom is 0.122 e. The molecule has 4 heteroatoms. The van der Waals surface area contributed by atoms with Crippen molar-refractivity contribution in [2.24, 2.45) is 5.73 Å². The molecule has 0 unspecified atom stereocenters. The van der Waals surface area contributed by atoms with E-state index in [0.717, 1.165) is 24.3 Å². The first-order chi connectivity index (χ1) is 7.09. The Balaban J connectivity index is 2.46. The second-order valence-corrected chi connectivity index (χ2v) is 3.72. The molecule has 0 saturated carbocycles. The van der Waals surface area contributed by atoms with E-state index < -0.39 is 0 Å². The predicted octanol–water partition coefficient (Wildman–Crippen LogP) is 0.944. The Kier molecular flexibility index (Phi) is 4.12. The number of nitrogens with zero attached hydrogens (tertiary/aromatic N) is 1. The van der Waals surface area contributed by atoms with Gasteiger partial charge in [-0.25, -0.2) is 0 Å². The first kappa shape index (κ1) is 11.5. The Labute approximate surface area is 90.6 Å². The number of benzene rings is 1. The summed E-state index contributed by atoms with van der Waals surface area (Å²) in [4.78, 5) is 2.12. The Morgan fingerprint density at radius 1 is 1.33 bits per heavy atom. The van der Waals surface area contributed by atoms with Crippen LogP contribution < -0.4 is 11.1 Å². The summed E-state index contributed by atoms with van der Waals surface area (Å²) in [6, 6.07) is 7.57. The van der Waals surface area contributed by atoms with Crippen LogP contribution in [0.2, 0.25) is 0 Å². The fourth-order valence-electron chi connectivity index (χ4n) is 1.19. The molecule has 0 bridgehead atoms. The zero-order valence-electron chi connectivity index (χ0n) is 9.25. The standard InChI is InChI=1S/C11H18N4/c1-15(2)8-7-14-10-5-3-9(4-6-10)11(12)13/h3-6,14H,7-8H2,1-2H3,(H3,12,13). The lowest BCUT2D eigenvalue weighted by Gasteiger charge is -2.11. The van der Waals surface area contributed by atoms with Crippen LogP contribution in [0.4, 0.5) is 5.69 Å². The van der Waals surface area contributed by atoms with Crippen LogP contribution in [-0.4, -0.2) is 37.9 Å². The maximum atomic E-state index is 7.25. The van der Waals surface area contributed by atoms with Crippen molar-refractivity contribution >= 4 is 11.5 Å². The summed E-state index contributed by atoms with van der Waals surface area (Å²) in [7, 11) is 4.08. The summed E-state index contributed by atoms with van der Waals surface area (Å²) in [5.74, 6) is 0.106. The molecule has 15 heavy (non-hydrogen) atoms. The van der Waals surface area contributed by atoms with Gasteiger partial charge in [-0.3, -0.25) is 5.41 Å². The number of rotatable bonds is 5. The molecule has 0 fully saturated rings. The van der Waals surface area contributed by atoms with Crippen LogP contribution in [0.3, 0.4) is 0 Å². The van der Waals surface area contributed by atoms with Crippen LogP contribution >= 0.6 is 0 Å². The van der Waals surface area contributed by atoms with Gasteiger partial charge in [0.2, 0.25) is 0 Å². The Bertz CT molecular complexity index is 316. The Hall–Kier alpha value is -1.55. The monoisotopic (exact) mass is 206 g/mol. The van der Waals surface area contributed by atoms with Gasteiger partial charge in [0.05, 0.1) is 0 Å². The van der Waals surface area contributed by atoms with E-state index in [0.29, 0.717) is 0 Å². The van der Waals surface area contributed by atoms with Crippen LogP contribution in [0, 0.1) is 5.41 Å². The second kappa shape index (κ2) is 5.36. The number of anilines is 1. The quantitative estimate of drug-likeness (QED) is 0.496. The van der Waals surface area contributed by atoms with Crippen LogP contribution in [0.15, 0.2) is 24.3 Å². The number of nitrogen functional groups attached to an aromatic ring is 1. The van der Waals surface area contributed by atoms with Gasteiger partial charge in [-0.1, -0.05) is 0 Å². The third-order valence-corrected chi connectivity index (χ3v) is 2.08. The van der Waals surface area contributed by atoms with E-state index >= 15 is 0 Å². The summed E-state index contributed by atoms with van der Waals surface area (Å²) in [5, 5.41) is 10.5. The van der Waals surface area contributed by atoms with Gasteiger partial charge in [0.25, 0.3) is 0 Å². The number of hydrogen-bond acceptors (Lipinski definition) is 3. The zero-order chi connectivity index (χ0) is 11.3. The number of likely N-dealkylation sites (N-methyl/N-ethyl adjacent to an activating group) is 1. The molecule has 0 heterocycles. The van der Waals surface area contributed by atoms with Gasteiger partial charge in [-0.2, -0.15) is 0 Å². The van der Waals surface area contributed by atoms with Crippen LogP contribution in [0.25, 0.3) is 0 Å². The van der Waals surface area contributed by atoms with Gasteiger partial charge in [0.1, 0.15) is 5.84 Å². The normalized spacial score (nSPS) is 10.3. The largest absolute Gasteiger partial charge is 0.384 e. The molecule has 1 aromatic carbocycles. The van der Waals surface area contributed by atoms with E-state index in [1.807, 2.05) is 38.4 Å². The molecule has 0 aromatic heterocycles. The third-order valence-electron chi connectivity index (χ3n) is 2.08. The fraction of sp³-hybridized carbons (Fsp3) is 0.364. The summed E-state index contributed by atoms with van der Waals surface area (Å²) in [6.07, 6.45) is 0. The number of nitrogens with two attached hydrogens (primary N) is 1. The highest BCUT2D eigenvalue weighted by molar-refractivity contribution is 5.95. The van der Waals surface area contributed by atoms with Gasteiger partial charge in [0.15, 0.2) is 0 Å². The third kappa shape index (κ3) is 3.99. The molecule has 0 aliphatic rings. The van der Waals surface area contributed by atoms with Crippen molar-refractivity contribution in [2.45, 2.75) is 0 Å². The molecular formula is C11H18N4. The molecule has 0 radical (unpaired) electrons. The first-order valence-electron chi connectivity index (χ1n) is 4.92. The van der Waals surface area contributed by atoms with Crippen LogP contribution in [-0.2, 0) is 0 Å². The van der Waals surface area contributed by atoms with Crippen molar-refractivity contribution < 1.29 is 0 Å². The maximum absolute atomic E-state index is 7.25. The molecule has 1 aromatic rings. The first-order valence-corrected chi connectivity index (χ1v) is 4.92. The van der Waals surface area contributed by atoms with Gasteiger partial charge in [-0.05, 0) is 38.4 Å². The van der Waals surface area contributed by atoms with E-state index in [2.05, 4.69) is 10.2 Å². The number of hydrogen-bond donors (Lipinski definition) is 3. The van der Waals surface area contributed by atoms with Crippen LogP contribution in [0.1, 0.15) is 5.56 Å². The summed E-state index contributed by atoms with van der Waals surface area (Å²) in [5.41, 5.74) is 7.17. The summed E-state index contributed by atoms with van der Waals surface area (Å²) >= 11 is 0. The molecule has 0 saturated heterocycles. The lowest BCUT2D eigenvalue weighted by atomic mass is 10.2. The van der Waals surface area contributed by atoms with Crippen molar-refractivity contribution in [3.8, 4) is 0 Å². The molecule has 0 atom stereocenters. The van der Waals surface area contributed by atoms with Crippen molar-refractivity contribution in [3.05, 3.63) is 29.8 Å². The minimum Gasteiger partial charge on any atom is -0.384 e. The van der Waals surface area contributed by atoms with Crippen molar-refractivity contribution in [1.82, 2.24) is 4.90 Å². The smallest absolute Gasteiger partial charge is 0.122 e. The highest BCUT2D eigenvalue weighted by Crippen LogP contribution is 2.08. The summed E-state index contributed by atoms with van der Waals surface area (Å²) in [6.45, 7) is 1.90. The molecule has 0 spiro atoms. The number of nitrogens with one attached hydrogen (secondary N) is 2. The SMILES string of the molecule is CN(C)CCNc1ccc(C(=N)N)cc1. The van der Waals surface area contributed by atoms with Crippen molar-refractivity contribution in [1.29, 1.82) is 5.41 Å². The molecule has 0 aliphatic heterocycles. The lowest BCUT2D eigenvalue weighted by molar-refractivity contribution is 0.425. The second-order valence-electron chi connectivity index (χ2n) is 3.72. The molecule has 4 N–H and O–H groups in total. The van der Waals surface area contributed by atoms with Crippen molar-refractivity contribution in [3.63, 3.8) is 0 Å². The minimum atomic E-state index is 0.106. The van der Waals surface area contributed by atoms with E-state index in [4.69, 9.17) is 11.1 Å². The van der Waals surface area contributed by atoms with Gasteiger partial charge in [0, 0.05) is 24.3 Å². The highest BCUT2D eigenvalue weighted by Gasteiger charge is 1.96. The lowest BCUT2D eigenvalue weighted by Crippen LogP contribution is -2.20. The zero-order valence-corrected chi connectivity index (χ0v) is 9.25. The van der Waals surface area contributed by atoms with Gasteiger partial charge < -0.3 is 16.0 Å². The Morgan fingerprint density at radius 2 is 1.93 bits per heavy atom. The van der Waals surface area contributed by atoms with Gasteiger partial charge in [-0.15, -0.1) is 0 Å². The Morgan fingerprint density at radius 3 is 2.40 bits per heavy atom. The average molecular weight is 206 g/mol. The van der Waals surface area contributed by atoms with Gasteiger partial charge >= 0.3 is 0 Å². The van der Waals surface area contributed by atoms with E-state index in [1.165, 1.54) is 0 Å². The minimum absolute atomic E-state index is 0.106. The van der Waals surface area contributed by atoms with Crippen LogP contribution in [0.5, 0.6) is 0 Å². The van der Waals surface area contributed by atoms with E-state index in [-0.39, 0.29) is 5.84 Å². The highest BCUT2D eigenvalue weighted by atomic mass is 15.1. The molecule has 4 nitrogen and oxygen atoms in total. The topological polar surface area (TPSA) is 65.1 Å². The fourth-order valence-corrected chi connectivity index (χ4v) is 1.19. The molecule has 82 valence electrons. The average Bonchev–Trinajstić information content (AvgIpc) is 2.18. The number of amidine groups is 1. The van der Waals surface area contributed by atoms with E-state index in [9.17, 15) is 0 Å².